The molecular weight excluding hydrogens is 340 g/mol. The fourth-order valence-electron chi connectivity index (χ4n) is 3.01. The van der Waals surface area contributed by atoms with Crippen LogP contribution in [0.4, 0.5) is 5.95 Å². The zero-order valence-electron chi connectivity index (χ0n) is 14.7. The molecule has 0 aliphatic rings. The number of carbonyl (C=O) groups is 1. The van der Waals surface area contributed by atoms with Gasteiger partial charge in [0.2, 0.25) is 11.9 Å². The van der Waals surface area contributed by atoms with Crippen LogP contribution < -0.4 is 11.1 Å². The normalized spacial score (nSPS) is 10.9. The van der Waals surface area contributed by atoms with Crippen molar-refractivity contribution < 1.29 is 4.79 Å². The number of H-pyrrole nitrogens is 1. The van der Waals surface area contributed by atoms with Crippen molar-refractivity contribution in [3.8, 4) is 11.5 Å². The number of fused-ring (bicyclic) bond motifs is 1. The first-order valence-corrected chi connectivity index (χ1v) is 8.52. The molecule has 0 spiro atoms. The van der Waals surface area contributed by atoms with Crippen LogP contribution in [0.5, 0.6) is 0 Å². The van der Waals surface area contributed by atoms with Gasteiger partial charge in [0.25, 0.3) is 0 Å². The highest BCUT2D eigenvalue weighted by atomic mass is 16.1. The number of hydrogen-bond acceptors (Lipinski definition) is 5. The average molecular weight is 358 g/mol. The lowest BCUT2D eigenvalue weighted by atomic mass is 10.1. The molecule has 7 heteroatoms. The van der Waals surface area contributed by atoms with Crippen LogP contribution in [0, 0.1) is 6.92 Å². The number of primary amides is 1. The Morgan fingerprint density at radius 2 is 1.85 bits per heavy atom. The van der Waals surface area contributed by atoms with Crippen LogP contribution in [-0.2, 0) is 6.54 Å². The molecule has 2 heterocycles. The number of anilines is 1. The van der Waals surface area contributed by atoms with E-state index in [0.29, 0.717) is 29.7 Å². The van der Waals surface area contributed by atoms with E-state index in [-0.39, 0.29) is 0 Å². The fraction of sp³-hybridized carbons (Fsp3) is 0.100. The van der Waals surface area contributed by atoms with E-state index in [4.69, 9.17) is 5.73 Å². The zero-order valence-corrected chi connectivity index (χ0v) is 14.7. The van der Waals surface area contributed by atoms with Crippen molar-refractivity contribution >= 4 is 22.6 Å². The van der Waals surface area contributed by atoms with Gasteiger partial charge in [-0.25, -0.2) is 4.98 Å². The van der Waals surface area contributed by atoms with Crippen LogP contribution in [0.25, 0.3) is 22.3 Å². The summed E-state index contributed by atoms with van der Waals surface area (Å²) >= 11 is 0. The Labute approximate surface area is 155 Å². The Morgan fingerprint density at radius 1 is 1.04 bits per heavy atom. The van der Waals surface area contributed by atoms with Crippen LogP contribution in [0.15, 0.2) is 54.7 Å². The van der Waals surface area contributed by atoms with Gasteiger partial charge in [0, 0.05) is 29.1 Å². The van der Waals surface area contributed by atoms with Crippen LogP contribution >= 0.6 is 0 Å². The number of amides is 1. The number of aromatic amines is 1. The van der Waals surface area contributed by atoms with Gasteiger partial charge in [-0.15, -0.1) is 0 Å². The fourth-order valence-corrected chi connectivity index (χ4v) is 3.01. The predicted molar refractivity (Wildman–Crippen MR) is 104 cm³/mol. The highest BCUT2D eigenvalue weighted by molar-refractivity contribution is 6.09. The topological polar surface area (TPSA) is 110 Å². The summed E-state index contributed by atoms with van der Waals surface area (Å²) in [6, 6.07) is 15.4. The highest BCUT2D eigenvalue weighted by Gasteiger charge is 2.15. The number of hydrogen-bond donors (Lipinski definition) is 3. The molecule has 4 aromatic rings. The maximum absolute atomic E-state index is 11.6. The number of aromatic nitrogens is 4. The molecular formula is C20H18N6O. The van der Waals surface area contributed by atoms with Crippen molar-refractivity contribution in [2.24, 2.45) is 5.73 Å². The molecule has 0 bridgehead atoms. The molecule has 134 valence electrons. The molecule has 0 fully saturated rings. The van der Waals surface area contributed by atoms with E-state index >= 15 is 0 Å². The molecule has 2 aromatic carbocycles. The van der Waals surface area contributed by atoms with Gasteiger partial charge in [0.1, 0.15) is 5.82 Å². The second-order valence-corrected chi connectivity index (χ2v) is 6.16. The summed E-state index contributed by atoms with van der Waals surface area (Å²) in [5.41, 5.74) is 7.78. The van der Waals surface area contributed by atoms with E-state index in [9.17, 15) is 4.79 Å². The van der Waals surface area contributed by atoms with Gasteiger partial charge in [-0.3, -0.25) is 4.79 Å². The first kappa shape index (κ1) is 16.7. The predicted octanol–water partition coefficient (Wildman–Crippen LogP) is 3.04. The second-order valence-electron chi connectivity index (χ2n) is 6.16. The largest absolute Gasteiger partial charge is 0.366 e. The summed E-state index contributed by atoms with van der Waals surface area (Å²) < 4.78 is 0. The third-order valence-corrected chi connectivity index (χ3v) is 4.27. The molecule has 4 N–H and O–H groups in total. The molecule has 0 unspecified atom stereocenters. The minimum absolute atomic E-state index is 0.461. The third-order valence-electron chi connectivity index (χ3n) is 4.27. The molecule has 0 aliphatic carbocycles. The molecule has 27 heavy (non-hydrogen) atoms. The van der Waals surface area contributed by atoms with Gasteiger partial charge in [-0.2, -0.15) is 9.97 Å². The summed E-state index contributed by atoms with van der Waals surface area (Å²) in [5.74, 6) is 1.14. The number of nitrogens with one attached hydrogen (secondary N) is 2. The number of benzene rings is 2. The van der Waals surface area contributed by atoms with Crippen molar-refractivity contribution in [2.75, 3.05) is 5.32 Å². The zero-order chi connectivity index (χ0) is 18.8. The van der Waals surface area contributed by atoms with Gasteiger partial charge in [0.15, 0.2) is 5.82 Å². The third kappa shape index (κ3) is 3.35. The first-order valence-electron chi connectivity index (χ1n) is 8.52. The van der Waals surface area contributed by atoms with Crippen molar-refractivity contribution in [3.05, 3.63) is 71.7 Å². The van der Waals surface area contributed by atoms with E-state index in [1.54, 1.807) is 18.3 Å². The van der Waals surface area contributed by atoms with E-state index in [1.165, 1.54) is 0 Å². The van der Waals surface area contributed by atoms with Crippen LogP contribution in [0.1, 0.15) is 21.7 Å². The molecule has 1 amide bonds. The van der Waals surface area contributed by atoms with Crippen LogP contribution in [0.2, 0.25) is 0 Å². The molecule has 0 saturated carbocycles. The van der Waals surface area contributed by atoms with Crippen molar-refractivity contribution in [2.45, 2.75) is 13.5 Å². The number of aryl methyl sites for hydroxylation is 1. The summed E-state index contributed by atoms with van der Waals surface area (Å²) in [7, 11) is 0. The maximum Gasteiger partial charge on any atom is 0.249 e. The van der Waals surface area contributed by atoms with E-state index < -0.39 is 5.91 Å². The van der Waals surface area contributed by atoms with E-state index in [0.717, 1.165) is 22.0 Å². The van der Waals surface area contributed by atoms with Gasteiger partial charge < -0.3 is 16.0 Å². The molecule has 0 radical (unpaired) electrons. The lowest BCUT2D eigenvalue weighted by Crippen LogP contribution is -2.10. The molecule has 2 aromatic heterocycles. The molecule has 7 nitrogen and oxygen atoms in total. The summed E-state index contributed by atoms with van der Waals surface area (Å²) in [6.45, 7) is 2.43. The van der Waals surface area contributed by atoms with Gasteiger partial charge in [-0.1, -0.05) is 42.5 Å². The minimum Gasteiger partial charge on any atom is -0.366 e. The molecule has 0 aliphatic heterocycles. The Hall–Kier alpha value is -3.74. The van der Waals surface area contributed by atoms with Crippen LogP contribution in [-0.4, -0.2) is 25.8 Å². The van der Waals surface area contributed by atoms with Gasteiger partial charge in [0.05, 0.1) is 5.69 Å². The smallest absolute Gasteiger partial charge is 0.249 e. The number of nitrogens with two attached hydrogens (primary N) is 1. The Balaban J connectivity index is 1.70. The van der Waals surface area contributed by atoms with Crippen LogP contribution in [0.3, 0.4) is 0 Å². The standard InChI is InChI=1S/C20H18N6O/c1-12-24-19(26-20(25-12)23-10-13-6-3-2-4-7-13)17-14-8-5-9-15(18(21)27)16(14)11-22-17/h2-9,11,22H,10H2,1H3,(H2,21,27)(H,23,24,25,26). The summed E-state index contributed by atoms with van der Waals surface area (Å²) in [6.07, 6.45) is 1.75. The summed E-state index contributed by atoms with van der Waals surface area (Å²) in [5, 5.41) is 4.82. The van der Waals surface area contributed by atoms with Gasteiger partial charge in [-0.05, 0) is 18.6 Å². The SMILES string of the molecule is Cc1nc(NCc2ccccc2)nc(-c2[nH]cc3c(C(N)=O)cccc23)n1. The van der Waals surface area contributed by atoms with Gasteiger partial charge >= 0.3 is 0 Å². The first-order chi connectivity index (χ1) is 13.1. The second kappa shape index (κ2) is 6.87. The highest BCUT2D eigenvalue weighted by Crippen LogP contribution is 2.28. The van der Waals surface area contributed by atoms with E-state index in [2.05, 4.69) is 25.3 Å². The quantitative estimate of drug-likeness (QED) is 0.508. The van der Waals surface area contributed by atoms with Crippen molar-refractivity contribution in [3.63, 3.8) is 0 Å². The van der Waals surface area contributed by atoms with Crippen molar-refractivity contribution in [1.82, 2.24) is 19.9 Å². The number of nitrogens with zero attached hydrogens (tertiary/aromatic N) is 3. The monoisotopic (exact) mass is 358 g/mol. The number of carbonyl (C=O) groups excluding carboxylic acids is 1. The lowest BCUT2D eigenvalue weighted by molar-refractivity contribution is 0.100. The lowest BCUT2D eigenvalue weighted by Gasteiger charge is -2.07. The Bertz CT molecular complexity index is 1120. The maximum atomic E-state index is 11.6. The Morgan fingerprint density at radius 3 is 2.63 bits per heavy atom. The van der Waals surface area contributed by atoms with E-state index in [1.807, 2.05) is 43.3 Å². The minimum atomic E-state index is -0.469. The molecule has 0 saturated heterocycles. The van der Waals surface area contributed by atoms with Crippen molar-refractivity contribution in [1.29, 1.82) is 0 Å². The Kier molecular flexibility index (Phi) is 4.25. The molecule has 0 atom stereocenters. The summed E-state index contributed by atoms with van der Waals surface area (Å²) in [4.78, 5) is 28.2. The molecule has 4 rings (SSSR count). The average Bonchev–Trinajstić information content (AvgIpc) is 3.11. The number of rotatable bonds is 5.